The Balaban J connectivity index is 2.12. The molecule has 2 atom stereocenters. The highest BCUT2D eigenvalue weighted by atomic mass is 32.2. The van der Waals surface area contributed by atoms with Crippen molar-refractivity contribution in [3.05, 3.63) is 0 Å². The van der Waals surface area contributed by atoms with Crippen molar-refractivity contribution < 1.29 is 14.7 Å². The number of hydrogen-bond donors (Lipinski definition) is 1. The molecule has 5 nitrogen and oxygen atoms in total. The van der Waals surface area contributed by atoms with Crippen molar-refractivity contribution in [3.8, 4) is 0 Å². The number of carbonyl (C=O) groups excluding carboxylic acids is 1. The Hall–Kier alpha value is -0.910. The van der Waals surface area contributed by atoms with Crippen molar-refractivity contribution in [3.63, 3.8) is 0 Å². The molecule has 0 aromatic rings. The lowest BCUT2D eigenvalue weighted by molar-refractivity contribution is -0.141. The summed E-state index contributed by atoms with van der Waals surface area (Å²) in [5.74, 6) is -0.399. The number of nitrogens with zero attached hydrogens (tertiary/aromatic N) is 2. The molecule has 2 rings (SSSR count). The van der Waals surface area contributed by atoms with Crippen LogP contribution >= 0.6 is 11.8 Å². The Kier molecular flexibility index (Phi) is 3.51. The van der Waals surface area contributed by atoms with E-state index >= 15 is 0 Å². The summed E-state index contributed by atoms with van der Waals surface area (Å²) in [4.78, 5) is 26.7. The van der Waals surface area contributed by atoms with Gasteiger partial charge in [0.15, 0.2) is 0 Å². The van der Waals surface area contributed by atoms with Gasteiger partial charge >= 0.3 is 12.0 Å². The Morgan fingerprint density at radius 3 is 2.59 bits per heavy atom. The molecule has 1 saturated carbocycles. The van der Waals surface area contributed by atoms with Crippen LogP contribution in [0.25, 0.3) is 0 Å². The minimum atomic E-state index is -0.897. The fourth-order valence-electron chi connectivity index (χ4n) is 2.12. The summed E-state index contributed by atoms with van der Waals surface area (Å²) in [5, 5.41) is 9.16. The van der Waals surface area contributed by atoms with E-state index in [-0.39, 0.29) is 11.4 Å². The second-order valence-corrected chi connectivity index (χ2v) is 5.79. The highest BCUT2D eigenvalue weighted by molar-refractivity contribution is 8.00. The molecule has 1 heterocycles. The van der Waals surface area contributed by atoms with Gasteiger partial charge in [0.05, 0.1) is 5.37 Å². The monoisotopic (exact) mass is 258 g/mol. The van der Waals surface area contributed by atoms with Crippen LogP contribution in [-0.4, -0.2) is 57.2 Å². The molecule has 0 aromatic heterocycles. The smallest absolute Gasteiger partial charge is 0.327 e. The van der Waals surface area contributed by atoms with Crippen molar-refractivity contribution in [2.45, 2.75) is 43.6 Å². The second kappa shape index (κ2) is 4.76. The van der Waals surface area contributed by atoms with E-state index in [1.54, 1.807) is 28.6 Å². The van der Waals surface area contributed by atoms with E-state index in [0.29, 0.717) is 11.8 Å². The summed E-state index contributed by atoms with van der Waals surface area (Å²) in [6.07, 6.45) is 2.87. The van der Waals surface area contributed by atoms with Gasteiger partial charge in [-0.15, -0.1) is 11.8 Å². The van der Waals surface area contributed by atoms with Gasteiger partial charge in [-0.2, -0.15) is 0 Å². The molecule has 2 unspecified atom stereocenters. The van der Waals surface area contributed by atoms with Crippen LogP contribution in [0.15, 0.2) is 0 Å². The highest BCUT2D eigenvalue weighted by Crippen LogP contribution is 2.34. The van der Waals surface area contributed by atoms with Gasteiger partial charge in [0.25, 0.3) is 0 Å². The first kappa shape index (κ1) is 12.5. The summed E-state index contributed by atoms with van der Waals surface area (Å²) >= 11 is 1.56. The van der Waals surface area contributed by atoms with Crippen LogP contribution < -0.4 is 0 Å². The molecule has 2 aliphatic rings. The number of aliphatic carboxylic acids is 1. The zero-order valence-electron chi connectivity index (χ0n) is 10.1. The Morgan fingerprint density at radius 1 is 1.47 bits per heavy atom. The van der Waals surface area contributed by atoms with Crippen LogP contribution in [0, 0.1) is 0 Å². The molecule has 1 N–H and O–H groups in total. The van der Waals surface area contributed by atoms with E-state index in [4.69, 9.17) is 5.11 Å². The summed E-state index contributed by atoms with van der Waals surface area (Å²) in [6.45, 7) is 1.99. The van der Waals surface area contributed by atoms with Crippen LogP contribution in [-0.2, 0) is 4.79 Å². The molecule has 2 amide bonds. The summed E-state index contributed by atoms with van der Waals surface area (Å²) in [6, 6.07) is -0.476. The normalized spacial score (nSPS) is 28.2. The maximum atomic E-state index is 12.3. The first-order chi connectivity index (χ1) is 8.06. The average molecular weight is 258 g/mol. The third kappa shape index (κ3) is 2.36. The predicted molar refractivity (Wildman–Crippen MR) is 66.0 cm³/mol. The van der Waals surface area contributed by atoms with E-state index in [1.807, 2.05) is 6.92 Å². The third-order valence-corrected chi connectivity index (χ3v) is 4.80. The summed E-state index contributed by atoms with van der Waals surface area (Å²) in [5.41, 5.74) is 0. The quantitative estimate of drug-likeness (QED) is 0.832. The van der Waals surface area contributed by atoms with E-state index < -0.39 is 12.0 Å². The van der Waals surface area contributed by atoms with Gasteiger partial charge < -0.3 is 10.0 Å². The number of carboxylic acid groups (broad SMARTS) is 1. The van der Waals surface area contributed by atoms with Gasteiger partial charge in [-0.25, -0.2) is 9.59 Å². The topological polar surface area (TPSA) is 60.9 Å². The average Bonchev–Trinajstić information content (AvgIpc) is 3.05. The number of urea groups is 1. The molecule has 0 bridgehead atoms. The number of rotatable bonds is 3. The first-order valence-electron chi connectivity index (χ1n) is 5.95. The molecule has 1 saturated heterocycles. The van der Waals surface area contributed by atoms with Crippen LogP contribution in [0.3, 0.4) is 0 Å². The Labute approximate surface area is 105 Å². The number of thioether (sulfide) groups is 1. The zero-order chi connectivity index (χ0) is 12.6. The largest absolute Gasteiger partial charge is 0.480 e. The fourth-order valence-corrected chi connectivity index (χ4v) is 3.47. The summed E-state index contributed by atoms with van der Waals surface area (Å²) in [7, 11) is 1.77. The summed E-state index contributed by atoms with van der Waals surface area (Å²) < 4.78 is 0. The molecule has 2 fully saturated rings. The molecule has 6 heteroatoms. The molecule has 1 aliphatic carbocycles. The third-order valence-electron chi connectivity index (χ3n) is 3.34. The maximum absolute atomic E-state index is 12.3. The van der Waals surface area contributed by atoms with Gasteiger partial charge in [-0.05, 0) is 19.3 Å². The van der Waals surface area contributed by atoms with Gasteiger partial charge in [-0.1, -0.05) is 6.92 Å². The Morgan fingerprint density at radius 2 is 2.12 bits per heavy atom. The predicted octanol–water partition coefficient (Wildman–Crippen LogP) is 1.44. The van der Waals surface area contributed by atoms with Crippen molar-refractivity contribution in [1.82, 2.24) is 9.80 Å². The van der Waals surface area contributed by atoms with Gasteiger partial charge in [0.1, 0.15) is 6.04 Å². The molecule has 17 heavy (non-hydrogen) atoms. The number of carboxylic acids is 1. The van der Waals surface area contributed by atoms with Crippen molar-refractivity contribution in [1.29, 1.82) is 0 Å². The minimum Gasteiger partial charge on any atom is -0.480 e. The van der Waals surface area contributed by atoms with Crippen LogP contribution in [0.2, 0.25) is 0 Å². The Bertz CT molecular complexity index is 333. The molecule has 0 aromatic carbocycles. The minimum absolute atomic E-state index is 0.00444. The number of amides is 2. The van der Waals surface area contributed by atoms with E-state index in [0.717, 1.165) is 19.3 Å². The lowest BCUT2D eigenvalue weighted by Crippen LogP contribution is -2.51. The molecule has 0 spiro atoms. The van der Waals surface area contributed by atoms with E-state index in [9.17, 15) is 9.59 Å². The first-order valence-corrected chi connectivity index (χ1v) is 7.00. The van der Waals surface area contributed by atoms with E-state index in [2.05, 4.69) is 0 Å². The van der Waals surface area contributed by atoms with Crippen LogP contribution in [0.1, 0.15) is 26.2 Å². The SMILES string of the molecule is CCC1SCC(C(=O)O)N1C(=O)N(C)C1CC1. The van der Waals surface area contributed by atoms with Gasteiger partial charge in [0.2, 0.25) is 0 Å². The molecular formula is C11H18N2O3S. The molecular weight excluding hydrogens is 240 g/mol. The highest BCUT2D eigenvalue weighted by Gasteiger charge is 2.44. The fraction of sp³-hybridized carbons (Fsp3) is 0.818. The van der Waals surface area contributed by atoms with E-state index in [1.165, 1.54) is 0 Å². The number of hydrogen-bond acceptors (Lipinski definition) is 3. The van der Waals surface area contributed by atoms with Crippen molar-refractivity contribution >= 4 is 23.8 Å². The van der Waals surface area contributed by atoms with Gasteiger partial charge in [0, 0.05) is 18.8 Å². The van der Waals surface area contributed by atoms with Gasteiger partial charge in [-0.3, -0.25) is 4.90 Å². The van der Waals surface area contributed by atoms with Crippen LogP contribution in [0.5, 0.6) is 0 Å². The lowest BCUT2D eigenvalue weighted by Gasteiger charge is -2.31. The molecule has 1 aliphatic heterocycles. The van der Waals surface area contributed by atoms with Crippen LogP contribution in [0.4, 0.5) is 4.79 Å². The zero-order valence-corrected chi connectivity index (χ0v) is 10.9. The maximum Gasteiger partial charge on any atom is 0.327 e. The lowest BCUT2D eigenvalue weighted by atomic mass is 10.2. The molecule has 96 valence electrons. The molecule has 0 radical (unpaired) electrons. The number of carbonyl (C=O) groups is 2. The van der Waals surface area contributed by atoms with Crippen molar-refractivity contribution in [2.24, 2.45) is 0 Å². The second-order valence-electron chi connectivity index (χ2n) is 4.58. The van der Waals surface area contributed by atoms with Crippen molar-refractivity contribution in [2.75, 3.05) is 12.8 Å². The standard InChI is InChI=1S/C11H18N2O3S/c1-3-9-13(8(6-17-9)10(14)15)11(16)12(2)7-4-5-7/h7-9H,3-6H2,1-2H3,(H,14,15).